The van der Waals surface area contributed by atoms with Crippen molar-refractivity contribution in [3.05, 3.63) is 60.2 Å². The van der Waals surface area contributed by atoms with Gasteiger partial charge in [-0.25, -0.2) is 0 Å². The summed E-state index contributed by atoms with van der Waals surface area (Å²) in [5, 5.41) is 9.19. The van der Waals surface area contributed by atoms with Gasteiger partial charge in [0, 0.05) is 4.91 Å². The highest BCUT2D eigenvalue weighted by Gasteiger charge is 2.09. The molecule has 104 valence electrons. The Morgan fingerprint density at radius 1 is 1.35 bits per heavy atom. The highest BCUT2D eigenvalue weighted by atomic mass is 32.2. The van der Waals surface area contributed by atoms with Gasteiger partial charge in [0.1, 0.15) is 0 Å². The highest BCUT2D eigenvalue weighted by molar-refractivity contribution is 8.08. The number of hydrogen-bond donors (Lipinski definition) is 0. The fraction of sp³-hybridized carbons (Fsp3) is 0.278. The number of thioether (sulfide) groups is 1. The molecule has 20 heavy (non-hydrogen) atoms. The zero-order chi connectivity index (χ0) is 14.8. The predicted octanol–water partition coefficient (Wildman–Crippen LogP) is 5.65. The Labute approximate surface area is 126 Å². The van der Waals surface area contributed by atoms with Crippen molar-refractivity contribution in [2.45, 2.75) is 26.2 Å². The first-order valence-corrected chi connectivity index (χ1v) is 7.88. The molecule has 0 N–H and O–H groups in total. The lowest BCUT2D eigenvalue weighted by atomic mass is 10.0. The topological polar surface area (TPSA) is 23.8 Å². The van der Waals surface area contributed by atoms with E-state index in [-0.39, 0.29) is 0 Å². The summed E-state index contributed by atoms with van der Waals surface area (Å²) in [7, 11) is 0. The molecule has 0 spiro atoms. The summed E-state index contributed by atoms with van der Waals surface area (Å²) in [6.45, 7) is 9.83. The van der Waals surface area contributed by atoms with Crippen molar-refractivity contribution in [2.24, 2.45) is 0 Å². The minimum absolute atomic E-state index is 0.668. The van der Waals surface area contributed by atoms with Crippen LogP contribution in [0.25, 0.3) is 11.0 Å². The summed E-state index contributed by atoms with van der Waals surface area (Å²) in [5.74, 6) is 1.08. The van der Waals surface area contributed by atoms with Crippen molar-refractivity contribution in [3.63, 3.8) is 0 Å². The van der Waals surface area contributed by atoms with E-state index in [9.17, 15) is 5.26 Å². The first-order valence-electron chi connectivity index (χ1n) is 6.89. The van der Waals surface area contributed by atoms with Gasteiger partial charge in [-0.1, -0.05) is 57.2 Å². The van der Waals surface area contributed by atoms with Crippen LogP contribution in [-0.2, 0) is 0 Å². The smallest absolute Gasteiger partial charge is 0.0998 e. The Morgan fingerprint density at radius 2 is 2.15 bits per heavy atom. The normalized spacial score (nSPS) is 10.9. The van der Waals surface area contributed by atoms with E-state index < -0.39 is 0 Å². The summed E-state index contributed by atoms with van der Waals surface area (Å²) in [4.78, 5) is 1.16. The molecular weight excluding hydrogens is 262 g/mol. The molecule has 0 saturated heterocycles. The second-order valence-electron chi connectivity index (χ2n) is 4.40. The second kappa shape index (κ2) is 9.23. The molecule has 0 aliphatic rings. The fourth-order valence-corrected chi connectivity index (χ4v) is 3.05. The van der Waals surface area contributed by atoms with Crippen molar-refractivity contribution in [3.8, 4) is 6.07 Å². The lowest BCUT2D eigenvalue weighted by Gasteiger charge is -2.11. The Kier molecular flexibility index (Phi) is 7.54. The average Bonchev–Trinajstić information content (AvgIpc) is 2.49. The maximum absolute atomic E-state index is 9.19. The van der Waals surface area contributed by atoms with Crippen LogP contribution in [0.1, 0.15) is 42.9 Å². The molecule has 0 aliphatic carbocycles. The lowest BCUT2D eigenvalue weighted by molar-refractivity contribution is 0.779. The Morgan fingerprint density at radius 3 is 2.75 bits per heavy atom. The molecule has 0 unspecified atom stereocenters. The number of unbranched alkanes of at least 4 members (excludes halogenated alkanes) is 2. The minimum atomic E-state index is 0.668. The number of allylic oxidation sites excluding steroid dienone is 2. The number of nitrogens with zero attached hydrogens (tertiary/aromatic N) is 1. The third kappa shape index (κ3) is 4.43. The van der Waals surface area contributed by atoms with Gasteiger partial charge < -0.3 is 0 Å². The van der Waals surface area contributed by atoms with Crippen LogP contribution in [0.5, 0.6) is 0 Å². The van der Waals surface area contributed by atoms with E-state index in [1.165, 1.54) is 19.3 Å². The van der Waals surface area contributed by atoms with E-state index in [0.29, 0.717) is 5.56 Å². The lowest BCUT2D eigenvalue weighted by Crippen LogP contribution is -1.91. The number of hydrogen-bond acceptors (Lipinski definition) is 2. The van der Waals surface area contributed by atoms with Crippen LogP contribution in [-0.4, -0.2) is 5.75 Å². The first kappa shape index (κ1) is 16.3. The van der Waals surface area contributed by atoms with Gasteiger partial charge in [0.25, 0.3) is 0 Å². The predicted molar refractivity (Wildman–Crippen MR) is 91.4 cm³/mol. The molecule has 0 radical (unpaired) electrons. The van der Waals surface area contributed by atoms with Gasteiger partial charge >= 0.3 is 0 Å². The number of benzene rings is 1. The van der Waals surface area contributed by atoms with Gasteiger partial charge in [-0.2, -0.15) is 5.26 Å². The molecule has 0 aromatic heterocycles. The number of nitriles is 1. The zero-order valence-electron chi connectivity index (χ0n) is 12.1. The molecule has 1 aromatic rings. The van der Waals surface area contributed by atoms with E-state index in [1.54, 1.807) is 12.2 Å². The molecule has 2 heteroatoms. The largest absolute Gasteiger partial charge is 0.192 e. The Bertz CT molecular complexity index is 535. The van der Waals surface area contributed by atoms with Crippen molar-refractivity contribution in [2.75, 3.05) is 5.75 Å². The maximum Gasteiger partial charge on any atom is 0.0998 e. The van der Waals surface area contributed by atoms with Crippen LogP contribution in [0.15, 0.2) is 43.5 Å². The SMILES string of the molecule is C=C/C=C(/SCCCCC)c1cccc(C#N)c1C=C. The molecule has 0 heterocycles. The van der Waals surface area contributed by atoms with E-state index in [2.05, 4.69) is 26.2 Å². The standard InChI is InChI=1S/C18H21NS/c1-4-7-8-13-20-18(10-5-2)17-12-9-11-15(14-19)16(17)6-3/h5-6,9-12H,2-4,7-8,13H2,1H3/b18-10+. The monoisotopic (exact) mass is 283 g/mol. The highest BCUT2D eigenvalue weighted by Crippen LogP contribution is 2.32. The first-order chi connectivity index (χ1) is 9.78. The van der Waals surface area contributed by atoms with Gasteiger partial charge in [0.05, 0.1) is 11.6 Å². The summed E-state index contributed by atoms with van der Waals surface area (Å²) < 4.78 is 0. The molecule has 0 amide bonds. The fourth-order valence-electron chi connectivity index (χ4n) is 1.95. The minimum Gasteiger partial charge on any atom is -0.192 e. The van der Waals surface area contributed by atoms with Crippen molar-refractivity contribution in [1.82, 2.24) is 0 Å². The van der Waals surface area contributed by atoms with E-state index in [0.717, 1.165) is 21.8 Å². The third-order valence-corrected chi connectivity index (χ3v) is 4.13. The van der Waals surface area contributed by atoms with Crippen LogP contribution in [0, 0.1) is 11.3 Å². The molecule has 0 saturated carbocycles. The third-order valence-electron chi connectivity index (χ3n) is 2.97. The molecule has 1 nitrogen and oxygen atoms in total. The van der Waals surface area contributed by atoms with Crippen LogP contribution in [0.2, 0.25) is 0 Å². The van der Waals surface area contributed by atoms with E-state index in [1.807, 2.05) is 36.0 Å². The quantitative estimate of drug-likeness (QED) is 0.454. The summed E-state index contributed by atoms with van der Waals surface area (Å²) in [5.41, 5.74) is 2.65. The number of rotatable bonds is 8. The maximum atomic E-state index is 9.19. The van der Waals surface area contributed by atoms with Crippen LogP contribution in [0.3, 0.4) is 0 Å². The van der Waals surface area contributed by atoms with Gasteiger partial charge in [-0.15, -0.1) is 11.8 Å². The van der Waals surface area contributed by atoms with Crippen LogP contribution >= 0.6 is 11.8 Å². The molecule has 0 bridgehead atoms. The van der Waals surface area contributed by atoms with E-state index in [4.69, 9.17) is 0 Å². The van der Waals surface area contributed by atoms with Crippen LogP contribution in [0.4, 0.5) is 0 Å². The van der Waals surface area contributed by atoms with Crippen LogP contribution < -0.4 is 0 Å². The molecule has 1 aromatic carbocycles. The molecule has 0 atom stereocenters. The second-order valence-corrected chi connectivity index (χ2v) is 5.54. The Balaban J connectivity index is 3.04. The summed E-state index contributed by atoms with van der Waals surface area (Å²) in [6.07, 6.45) is 9.26. The summed E-state index contributed by atoms with van der Waals surface area (Å²) in [6, 6.07) is 8.02. The molecule has 0 fully saturated rings. The van der Waals surface area contributed by atoms with Gasteiger partial charge in [0.2, 0.25) is 0 Å². The van der Waals surface area contributed by atoms with Gasteiger partial charge in [-0.05, 0) is 35.4 Å². The Hall–Kier alpha value is -1.72. The van der Waals surface area contributed by atoms with Crippen molar-refractivity contribution in [1.29, 1.82) is 5.26 Å². The van der Waals surface area contributed by atoms with E-state index >= 15 is 0 Å². The average molecular weight is 283 g/mol. The van der Waals surface area contributed by atoms with Gasteiger partial charge in [-0.3, -0.25) is 0 Å². The molecule has 0 aliphatic heterocycles. The van der Waals surface area contributed by atoms with Crippen molar-refractivity contribution < 1.29 is 0 Å². The van der Waals surface area contributed by atoms with Crippen molar-refractivity contribution >= 4 is 22.7 Å². The molecular formula is C18H21NS. The zero-order valence-corrected chi connectivity index (χ0v) is 12.9. The summed E-state index contributed by atoms with van der Waals surface area (Å²) >= 11 is 1.82. The van der Waals surface area contributed by atoms with Gasteiger partial charge in [0.15, 0.2) is 0 Å². The molecule has 1 rings (SSSR count).